The van der Waals surface area contributed by atoms with Crippen molar-refractivity contribution in [3.8, 4) is 0 Å². The van der Waals surface area contributed by atoms with Crippen molar-refractivity contribution in [3.05, 3.63) is 29.8 Å². The highest BCUT2D eigenvalue weighted by Crippen LogP contribution is 2.20. The van der Waals surface area contributed by atoms with Gasteiger partial charge in [0.1, 0.15) is 17.3 Å². The van der Waals surface area contributed by atoms with Crippen molar-refractivity contribution in [1.29, 1.82) is 0 Å². The standard InChI is InChI=1S/C12H13FN2O2/c1-3-17-12(16)7(2)11-14-9-6-4-5-8(13)10(9)15-11/h4-7H,3H2,1-2H3,(H,14,15). The lowest BCUT2D eigenvalue weighted by Crippen LogP contribution is -2.14. The van der Waals surface area contributed by atoms with Crippen LogP contribution in [0.25, 0.3) is 11.0 Å². The van der Waals surface area contributed by atoms with Crippen LogP contribution in [0.4, 0.5) is 4.39 Å². The summed E-state index contributed by atoms with van der Waals surface area (Å²) in [5, 5.41) is 0. The highest BCUT2D eigenvalue weighted by atomic mass is 19.1. The van der Waals surface area contributed by atoms with Crippen molar-refractivity contribution < 1.29 is 13.9 Å². The van der Waals surface area contributed by atoms with Crippen LogP contribution in [0.1, 0.15) is 25.6 Å². The maximum Gasteiger partial charge on any atom is 0.316 e. The van der Waals surface area contributed by atoms with Crippen molar-refractivity contribution in [2.24, 2.45) is 0 Å². The van der Waals surface area contributed by atoms with E-state index in [9.17, 15) is 9.18 Å². The molecule has 0 aliphatic carbocycles. The number of para-hydroxylation sites is 1. The molecule has 1 aromatic heterocycles. The largest absolute Gasteiger partial charge is 0.465 e. The van der Waals surface area contributed by atoms with Gasteiger partial charge >= 0.3 is 5.97 Å². The van der Waals surface area contributed by atoms with Crippen LogP contribution in [-0.2, 0) is 9.53 Å². The number of imidazole rings is 1. The molecule has 1 unspecified atom stereocenters. The molecule has 1 aromatic carbocycles. The lowest BCUT2D eigenvalue weighted by molar-refractivity contribution is -0.144. The van der Waals surface area contributed by atoms with E-state index in [1.165, 1.54) is 6.07 Å². The van der Waals surface area contributed by atoms with Crippen molar-refractivity contribution in [3.63, 3.8) is 0 Å². The van der Waals surface area contributed by atoms with Gasteiger partial charge in [-0.05, 0) is 26.0 Å². The summed E-state index contributed by atoms with van der Waals surface area (Å²) in [5.41, 5.74) is 0.829. The Hall–Kier alpha value is -1.91. The third-order valence-corrected chi connectivity index (χ3v) is 2.53. The number of carbonyl (C=O) groups is 1. The molecule has 0 bridgehead atoms. The van der Waals surface area contributed by atoms with Crippen molar-refractivity contribution in [2.45, 2.75) is 19.8 Å². The Morgan fingerprint density at radius 1 is 1.59 bits per heavy atom. The topological polar surface area (TPSA) is 55.0 Å². The summed E-state index contributed by atoms with van der Waals surface area (Å²) in [4.78, 5) is 18.5. The Bertz CT molecular complexity index is 550. The van der Waals surface area contributed by atoms with Crippen molar-refractivity contribution in [1.82, 2.24) is 9.97 Å². The molecule has 1 heterocycles. The van der Waals surface area contributed by atoms with E-state index in [4.69, 9.17) is 4.74 Å². The number of aromatic amines is 1. The normalized spacial score (nSPS) is 12.6. The first-order chi connectivity index (χ1) is 8.13. The van der Waals surface area contributed by atoms with Gasteiger partial charge in [0, 0.05) is 0 Å². The van der Waals surface area contributed by atoms with E-state index in [1.54, 1.807) is 26.0 Å². The number of ether oxygens (including phenoxy) is 1. The van der Waals surface area contributed by atoms with Crippen molar-refractivity contribution in [2.75, 3.05) is 6.61 Å². The SMILES string of the molecule is CCOC(=O)C(C)c1nc2c(F)cccc2[nH]1. The highest BCUT2D eigenvalue weighted by molar-refractivity contribution is 5.80. The van der Waals surface area contributed by atoms with E-state index in [0.29, 0.717) is 17.9 Å². The van der Waals surface area contributed by atoms with Gasteiger partial charge in [0.2, 0.25) is 0 Å². The average Bonchev–Trinajstić information content (AvgIpc) is 2.73. The fourth-order valence-electron chi connectivity index (χ4n) is 1.60. The molecule has 0 fully saturated rings. The Kier molecular flexibility index (Phi) is 3.08. The number of H-pyrrole nitrogens is 1. The Balaban J connectivity index is 2.36. The van der Waals surface area contributed by atoms with E-state index in [2.05, 4.69) is 9.97 Å². The molecule has 0 radical (unpaired) electrons. The summed E-state index contributed by atoms with van der Waals surface area (Å²) in [6.07, 6.45) is 0. The summed E-state index contributed by atoms with van der Waals surface area (Å²) in [6.45, 7) is 3.73. The second kappa shape index (κ2) is 4.53. The Morgan fingerprint density at radius 3 is 3.00 bits per heavy atom. The molecule has 1 N–H and O–H groups in total. The number of aromatic nitrogens is 2. The summed E-state index contributed by atoms with van der Waals surface area (Å²) in [5.74, 6) is -0.877. The van der Waals surface area contributed by atoms with Gasteiger partial charge in [-0.15, -0.1) is 0 Å². The van der Waals surface area contributed by atoms with Crippen LogP contribution in [-0.4, -0.2) is 22.5 Å². The number of rotatable bonds is 3. The predicted molar refractivity (Wildman–Crippen MR) is 61.1 cm³/mol. The van der Waals surface area contributed by atoms with Gasteiger partial charge in [-0.3, -0.25) is 4.79 Å². The predicted octanol–water partition coefficient (Wildman–Crippen LogP) is 2.37. The van der Waals surface area contributed by atoms with Gasteiger partial charge in [0.05, 0.1) is 12.1 Å². The molecule has 1 atom stereocenters. The van der Waals surface area contributed by atoms with Crippen LogP contribution in [0.2, 0.25) is 0 Å². The number of esters is 1. The van der Waals surface area contributed by atoms with Gasteiger partial charge in [-0.1, -0.05) is 6.07 Å². The fraction of sp³-hybridized carbons (Fsp3) is 0.333. The number of hydrogen-bond donors (Lipinski definition) is 1. The number of nitrogens with one attached hydrogen (secondary N) is 1. The van der Waals surface area contributed by atoms with Crippen molar-refractivity contribution >= 4 is 17.0 Å². The van der Waals surface area contributed by atoms with Gasteiger partial charge < -0.3 is 9.72 Å². The number of nitrogens with zero attached hydrogens (tertiary/aromatic N) is 1. The molecule has 0 spiro atoms. The quantitative estimate of drug-likeness (QED) is 0.832. The monoisotopic (exact) mass is 236 g/mol. The smallest absolute Gasteiger partial charge is 0.316 e. The second-order valence-electron chi connectivity index (χ2n) is 3.73. The highest BCUT2D eigenvalue weighted by Gasteiger charge is 2.20. The number of halogens is 1. The number of fused-ring (bicyclic) bond motifs is 1. The fourth-order valence-corrected chi connectivity index (χ4v) is 1.60. The number of hydrogen-bond acceptors (Lipinski definition) is 3. The zero-order valence-corrected chi connectivity index (χ0v) is 9.66. The molecular formula is C12H13FN2O2. The second-order valence-corrected chi connectivity index (χ2v) is 3.73. The molecule has 90 valence electrons. The van der Waals surface area contributed by atoms with Gasteiger partial charge in [-0.2, -0.15) is 0 Å². The first kappa shape index (κ1) is 11.6. The summed E-state index contributed by atoms with van der Waals surface area (Å²) >= 11 is 0. The van der Waals surface area contributed by atoms with Gasteiger partial charge in [0.25, 0.3) is 0 Å². The molecule has 0 aliphatic rings. The van der Waals surface area contributed by atoms with Gasteiger partial charge in [-0.25, -0.2) is 9.37 Å². The third kappa shape index (κ3) is 2.13. The molecule has 0 saturated carbocycles. The maximum atomic E-state index is 13.4. The first-order valence-corrected chi connectivity index (χ1v) is 5.44. The van der Waals surface area contributed by atoms with Crippen LogP contribution < -0.4 is 0 Å². The lowest BCUT2D eigenvalue weighted by atomic mass is 10.2. The lowest BCUT2D eigenvalue weighted by Gasteiger charge is -2.06. The van der Waals surface area contributed by atoms with E-state index in [0.717, 1.165) is 0 Å². The molecular weight excluding hydrogens is 223 g/mol. The molecule has 0 saturated heterocycles. The van der Waals surface area contributed by atoms with E-state index in [1.807, 2.05) is 0 Å². The Labute approximate surface area is 97.8 Å². The van der Waals surface area contributed by atoms with Crippen LogP contribution in [0.5, 0.6) is 0 Å². The summed E-state index contributed by atoms with van der Waals surface area (Å²) < 4.78 is 18.3. The number of benzene rings is 1. The first-order valence-electron chi connectivity index (χ1n) is 5.44. The van der Waals surface area contributed by atoms with Crippen LogP contribution >= 0.6 is 0 Å². The zero-order chi connectivity index (χ0) is 12.4. The van der Waals surface area contributed by atoms with E-state index < -0.39 is 11.7 Å². The minimum Gasteiger partial charge on any atom is -0.465 e. The van der Waals surface area contributed by atoms with E-state index in [-0.39, 0.29) is 11.5 Å². The zero-order valence-electron chi connectivity index (χ0n) is 9.66. The molecule has 2 aromatic rings. The molecule has 17 heavy (non-hydrogen) atoms. The number of carbonyl (C=O) groups excluding carboxylic acids is 1. The minimum absolute atomic E-state index is 0.249. The van der Waals surface area contributed by atoms with Crippen LogP contribution in [0.15, 0.2) is 18.2 Å². The maximum absolute atomic E-state index is 13.4. The average molecular weight is 236 g/mol. The van der Waals surface area contributed by atoms with Gasteiger partial charge in [0.15, 0.2) is 5.82 Å². The molecule has 4 nitrogen and oxygen atoms in total. The molecule has 0 aliphatic heterocycles. The minimum atomic E-state index is -0.526. The molecule has 5 heteroatoms. The molecule has 2 rings (SSSR count). The Morgan fingerprint density at radius 2 is 2.35 bits per heavy atom. The third-order valence-electron chi connectivity index (χ3n) is 2.53. The van der Waals surface area contributed by atoms with Crippen LogP contribution in [0.3, 0.4) is 0 Å². The summed E-state index contributed by atoms with van der Waals surface area (Å²) in [6, 6.07) is 4.64. The van der Waals surface area contributed by atoms with E-state index >= 15 is 0 Å². The van der Waals surface area contributed by atoms with Crippen LogP contribution in [0, 0.1) is 5.82 Å². The summed E-state index contributed by atoms with van der Waals surface area (Å²) in [7, 11) is 0. The molecule has 0 amide bonds.